The minimum atomic E-state index is -3.89. The molecule has 1 rings (SSSR count). The zero-order chi connectivity index (χ0) is 15.2. The van der Waals surface area contributed by atoms with Gasteiger partial charge in [-0.1, -0.05) is 0 Å². The highest BCUT2D eigenvalue weighted by atomic mass is 79.9. The van der Waals surface area contributed by atoms with E-state index >= 15 is 0 Å². The Morgan fingerprint density at radius 3 is 2.70 bits per heavy atom. The number of benzene rings is 1. The Morgan fingerprint density at radius 2 is 2.10 bits per heavy atom. The summed E-state index contributed by atoms with van der Waals surface area (Å²) in [6, 6.07) is 4.26. The molecule has 0 saturated heterocycles. The fourth-order valence-corrected chi connectivity index (χ4v) is 3.62. The van der Waals surface area contributed by atoms with Crippen LogP contribution in [-0.2, 0) is 13.8 Å². The number of hydrogen-bond acceptors (Lipinski definition) is 4. The number of carbonyl (C=O) groups is 1. The number of unbranched alkanes of at least 4 members (excludes halogenated alkanes) is 1. The molecule has 0 aliphatic rings. The normalized spacial score (nSPS) is 11.3. The average Bonchev–Trinajstić information content (AvgIpc) is 2.37. The van der Waals surface area contributed by atoms with Gasteiger partial charge in [0.15, 0.2) is 0 Å². The first-order valence-corrected chi connectivity index (χ1v) is 8.98. The fourth-order valence-electron chi connectivity index (χ4n) is 1.51. The van der Waals surface area contributed by atoms with Gasteiger partial charge in [0.05, 0.1) is 4.90 Å². The Labute approximate surface area is 131 Å². The Balaban J connectivity index is 2.70. The Kier molecular flexibility index (Phi) is 6.94. The summed E-state index contributed by atoms with van der Waals surface area (Å²) in [5, 5.41) is 2.71. The monoisotopic (exact) mass is 383 g/mol. The number of ether oxygens (including phenoxy) is 1. The maximum absolute atomic E-state index is 11.9. The molecule has 0 atom stereocenters. The van der Waals surface area contributed by atoms with Gasteiger partial charge >= 0.3 is 0 Å². The van der Waals surface area contributed by atoms with E-state index in [0.29, 0.717) is 17.6 Å². The summed E-state index contributed by atoms with van der Waals surface area (Å²) < 4.78 is 27.9. The van der Waals surface area contributed by atoms with E-state index in [2.05, 4.69) is 21.2 Å². The van der Waals surface area contributed by atoms with Crippen LogP contribution in [0.15, 0.2) is 27.6 Å². The predicted octanol–water partition coefficient (Wildman–Crippen LogP) is 2.53. The summed E-state index contributed by atoms with van der Waals surface area (Å²) in [5.74, 6) is -0.337. The molecule has 0 radical (unpaired) electrons. The molecule has 20 heavy (non-hydrogen) atoms. The molecule has 112 valence electrons. The van der Waals surface area contributed by atoms with Gasteiger partial charge in [0.25, 0.3) is 15.0 Å². The molecular weight excluding hydrogens is 370 g/mol. The van der Waals surface area contributed by atoms with E-state index in [1.807, 2.05) is 0 Å². The molecule has 1 aromatic rings. The molecule has 1 amide bonds. The van der Waals surface area contributed by atoms with E-state index in [1.165, 1.54) is 18.2 Å². The van der Waals surface area contributed by atoms with Gasteiger partial charge < -0.3 is 10.1 Å². The first-order valence-electron chi connectivity index (χ1n) is 5.87. The molecule has 0 spiro atoms. The van der Waals surface area contributed by atoms with Crippen LogP contribution in [-0.4, -0.2) is 34.6 Å². The lowest BCUT2D eigenvalue weighted by atomic mass is 10.2. The van der Waals surface area contributed by atoms with Crippen molar-refractivity contribution in [1.82, 2.24) is 5.32 Å². The number of carbonyl (C=O) groups excluding carboxylic acids is 1. The van der Waals surface area contributed by atoms with Crippen molar-refractivity contribution in [2.45, 2.75) is 17.7 Å². The fraction of sp³-hybridized carbons (Fsp3) is 0.417. The smallest absolute Gasteiger partial charge is 0.262 e. The highest BCUT2D eigenvalue weighted by Gasteiger charge is 2.17. The Hall–Kier alpha value is -0.630. The number of halogens is 2. The number of methoxy groups -OCH3 is 1. The first-order chi connectivity index (χ1) is 9.36. The molecule has 0 aliphatic carbocycles. The molecule has 8 heteroatoms. The van der Waals surface area contributed by atoms with E-state index in [9.17, 15) is 13.2 Å². The molecular formula is C12H15BrClNO4S. The number of rotatable bonds is 7. The molecule has 5 nitrogen and oxygen atoms in total. The molecule has 0 unspecified atom stereocenters. The van der Waals surface area contributed by atoms with E-state index in [0.717, 1.165) is 12.8 Å². The molecule has 1 aromatic carbocycles. The van der Waals surface area contributed by atoms with Crippen molar-refractivity contribution < 1.29 is 17.9 Å². The van der Waals surface area contributed by atoms with Crippen molar-refractivity contribution in [2.75, 3.05) is 20.3 Å². The van der Waals surface area contributed by atoms with Crippen LogP contribution in [0.2, 0.25) is 0 Å². The summed E-state index contributed by atoms with van der Waals surface area (Å²) in [4.78, 5) is 11.8. The molecule has 0 fully saturated rings. The van der Waals surface area contributed by atoms with Gasteiger partial charge in [0.1, 0.15) is 0 Å². The van der Waals surface area contributed by atoms with Crippen LogP contribution < -0.4 is 5.32 Å². The SMILES string of the molecule is COCCCCNC(=O)c1ccc(Br)c(S(=O)(=O)Cl)c1. The van der Waals surface area contributed by atoms with Gasteiger partial charge in [-0.15, -0.1) is 0 Å². The van der Waals surface area contributed by atoms with Gasteiger partial charge in [0.2, 0.25) is 0 Å². The van der Waals surface area contributed by atoms with Crippen LogP contribution in [0.1, 0.15) is 23.2 Å². The van der Waals surface area contributed by atoms with Crippen molar-refractivity contribution >= 4 is 41.6 Å². The Bertz CT molecular complexity index is 577. The maximum Gasteiger partial charge on any atom is 0.262 e. The molecule has 0 saturated carbocycles. The summed E-state index contributed by atoms with van der Waals surface area (Å²) in [6.07, 6.45) is 1.63. The maximum atomic E-state index is 11.9. The molecule has 0 heterocycles. The quantitative estimate of drug-likeness (QED) is 0.579. The van der Waals surface area contributed by atoms with Crippen molar-refractivity contribution in [1.29, 1.82) is 0 Å². The minimum Gasteiger partial charge on any atom is -0.385 e. The number of nitrogens with one attached hydrogen (secondary N) is 1. The van der Waals surface area contributed by atoms with Crippen molar-refractivity contribution in [3.63, 3.8) is 0 Å². The molecule has 1 N–H and O–H groups in total. The van der Waals surface area contributed by atoms with Crippen LogP contribution in [0.5, 0.6) is 0 Å². The second-order valence-electron chi connectivity index (χ2n) is 4.04. The van der Waals surface area contributed by atoms with Crippen LogP contribution in [0.3, 0.4) is 0 Å². The third-order valence-electron chi connectivity index (χ3n) is 2.52. The minimum absolute atomic E-state index is 0.119. The van der Waals surface area contributed by atoms with E-state index in [4.69, 9.17) is 15.4 Å². The number of amides is 1. The zero-order valence-electron chi connectivity index (χ0n) is 10.9. The van der Waals surface area contributed by atoms with Gasteiger partial charge in [-0.3, -0.25) is 4.79 Å². The molecule has 0 aromatic heterocycles. The van der Waals surface area contributed by atoms with E-state index in [1.54, 1.807) is 7.11 Å². The van der Waals surface area contributed by atoms with Crippen LogP contribution in [0.4, 0.5) is 0 Å². The van der Waals surface area contributed by atoms with Crippen molar-refractivity contribution in [3.05, 3.63) is 28.2 Å². The van der Waals surface area contributed by atoms with E-state index < -0.39 is 9.05 Å². The van der Waals surface area contributed by atoms with E-state index in [-0.39, 0.29) is 16.4 Å². The average molecular weight is 385 g/mol. The second kappa shape index (κ2) is 7.97. The highest BCUT2D eigenvalue weighted by Crippen LogP contribution is 2.26. The van der Waals surface area contributed by atoms with Crippen LogP contribution in [0.25, 0.3) is 0 Å². The third kappa shape index (κ3) is 5.40. The topological polar surface area (TPSA) is 72.5 Å². The van der Waals surface area contributed by atoms with Gasteiger partial charge in [-0.05, 0) is 47.0 Å². The largest absolute Gasteiger partial charge is 0.385 e. The summed E-state index contributed by atoms with van der Waals surface area (Å²) >= 11 is 3.09. The molecule has 0 aliphatic heterocycles. The van der Waals surface area contributed by atoms with Crippen LogP contribution >= 0.6 is 26.6 Å². The van der Waals surface area contributed by atoms with Gasteiger partial charge in [-0.2, -0.15) is 0 Å². The number of hydrogen-bond donors (Lipinski definition) is 1. The van der Waals surface area contributed by atoms with Crippen molar-refractivity contribution in [3.8, 4) is 0 Å². The van der Waals surface area contributed by atoms with Gasteiger partial charge in [-0.25, -0.2) is 8.42 Å². The second-order valence-corrected chi connectivity index (χ2v) is 7.43. The lowest BCUT2D eigenvalue weighted by Crippen LogP contribution is -2.24. The summed E-state index contributed by atoms with van der Waals surface area (Å²) in [5.41, 5.74) is 0.249. The van der Waals surface area contributed by atoms with Crippen LogP contribution in [0, 0.1) is 0 Å². The zero-order valence-corrected chi connectivity index (χ0v) is 14.0. The first kappa shape index (κ1) is 17.4. The lowest BCUT2D eigenvalue weighted by Gasteiger charge is -2.07. The third-order valence-corrected chi connectivity index (χ3v) is 4.83. The lowest BCUT2D eigenvalue weighted by molar-refractivity contribution is 0.0951. The predicted molar refractivity (Wildman–Crippen MR) is 80.6 cm³/mol. The van der Waals surface area contributed by atoms with Gasteiger partial charge in [0, 0.05) is 41.0 Å². The Morgan fingerprint density at radius 1 is 1.40 bits per heavy atom. The highest BCUT2D eigenvalue weighted by molar-refractivity contribution is 9.10. The summed E-state index contributed by atoms with van der Waals surface area (Å²) in [6.45, 7) is 1.14. The summed E-state index contributed by atoms with van der Waals surface area (Å²) in [7, 11) is 3.03. The standard InChI is InChI=1S/C12H15BrClNO4S/c1-19-7-3-2-6-15-12(16)9-4-5-10(13)11(8-9)20(14,17)18/h4-5,8H,2-3,6-7H2,1H3,(H,15,16). The van der Waals surface area contributed by atoms with Crippen molar-refractivity contribution in [2.24, 2.45) is 0 Å². The molecule has 0 bridgehead atoms.